The summed E-state index contributed by atoms with van der Waals surface area (Å²) in [6, 6.07) is 16.8. The second-order valence-electron chi connectivity index (χ2n) is 6.72. The Morgan fingerprint density at radius 3 is 2.75 bits per heavy atom. The quantitative estimate of drug-likeness (QED) is 0.484. The molecule has 0 spiro atoms. The smallest absolute Gasteiger partial charge is 0.252 e. The Bertz CT molecular complexity index is 1050. The summed E-state index contributed by atoms with van der Waals surface area (Å²) < 4.78 is 5.18. The van der Waals surface area contributed by atoms with Crippen molar-refractivity contribution in [3.63, 3.8) is 0 Å². The van der Waals surface area contributed by atoms with Gasteiger partial charge in [0.05, 0.1) is 29.0 Å². The van der Waals surface area contributed by atoms with Gasteiger partial charge in [0, 0.05) is 17.0 Å². The molecule has 1 aromatic heterocycles. The van der Waals surface area contributed by atoms with E-state index in [2.05, 4.69) is 10.3 Å². The highest BCUT2D eigenvalue weighted by molar-refractivity contribution is 7.99. The van der Waals surface area contributed by atoms with Gasteiger partial charge in [0.1, 0.15) is 5.75 Å². The molecule has 1 saturated carbocycles. The predicted octanol–water partition coefficient (Wildman–Crippen LogP) is 4.11. The van der Waals surface area contributed by atoms with Crippen molar-refractivity contribution in [1.29, 1.82) is 0 Å². The molecule has 1 amide bonds. The van der Waals surface area contributed by atoms with Crippen LogP contribution in [0.3, 0.4) is 0 Å². The summed E-state index contributed by atoms with van der Waals surface area (Å²) in [5.74, 6) is 0.797. The Labute approximate surface area is 167 Å². The zero-order valence-corrected chi connectivity index (χ0v) is 16.3. The Hall–Kier alpha value is -2.86. The number of carbonyl (C=O) groups excluding carboxylic acids is 2. The Morgan fingerprint density at radius 2 is 1.96 bits per heavy atom. The number of thioether (sulfide) groups is 1. The highest BCUT2D eigenvalue weighted by Gasteiger charge is 2.25. The Morgan fingerprint density at radius 1 is 1.14 bits per heavy atom. The molecule has 6 heteroatoms. The highest BCUT2D eigenvalue weighted by Crippen LogP contribution is 2.27. The summed E-state index contributed by atoms with van der Waals surface area (Å²) in [5.41, 5.74) is 1.95. The second kappa shape index (κ2) is 8.02. The minimum atomic E-state index is -0.0814. The number of carbonyl (C=O) groups is 2. The summed E-state index contributed by atoms with van der Waals surface area (Å²) in [4.78, 5) is 29.8. The van der Waals surface area contributed by atoms with Crippen molar-refractivity contribution in [1.82, 2.24) is 10.3 Å². The molecule has 1 aliphatic carbocycles. The molecule has 0 bridgehead atoms. The lowest BCUT2D eigenvalue weighted by Crippen LogP contribution is -2.25. The number of hydrogen-bond donors (Lipinski definition) is 1. The first-order chi connectivity index (χ1) is 13.6. The normalized spacial score (nSPS) is 13.3. The van der Waals surface area contributed by atoms with Crippen molar-refractivity contribution < 1.29 is 14.3 Å². The van der Waals surface area contributed by atoms with Crippen LogP contribution in [-0.4, -0.2) is 35.6 Å². The van der Waals surface area contributed by atoms with Crippen LogP contribution in [0.5, 0.6) is 5.75 Å². The van der Waals surface area contributed by atoms with Gasteiger partial charge >= 0.3 is 0 Å². The van der Waals surface area contributed by atoms with Gasteiger partial charge in [-0.1, -0.05) is 42.1 Å². The van der Waals surface area contributed by atoms with Crippen LogP contribution in [-0.2, 0) is 0 Å². The zero-order valence-electron chi connectivity index (χ0n) is 15.5. The summed E-state index contributed by atoms with van der Waals surface area (Å²) in [7, 11) is 1.57. The number of Topliss-reactive ketones (excluding diaryl/α,β-unsaturated/α-hetero) is 1. The van der Waals surface area contributed by atoms with E-state index in [1.165, 1.54) is 11.8 Å². The van der Waals surface area contributed by atoms with Crippen LogP contribution in [0.4, 0.5) is 0 Å². The Balaban J connectivity index is 1.56. The first-order valence-corrected chi connectivity index (χ1v) is 10.1. The molecule has 1 aliphatic rings. The molecular formula is C22H20N2O3S. The van der Waals surface area contributed by atoms with E-state index in [0.717, 1.165) is 23.7 Å². The predicted molar refractivity (Wildman–Crippen MR) is 110 cm³/mol. The molecule has 0 saturated heterocycles. The third-order valence-corrected chi connectivity index (χ3v) is 5.50. The maximum absolute atomic E-state index is 12.7. The number of ether oxygens (including phenoxy) is 1. The molecule has 1 N–H and O–H groups in total. The van der Waals surface area contributed by atoms with Gasteiger partial charge in [-0.15, -0.1) is 0 Å². The van der Waals surface area contributed by atoms with Gasteiger partial charge in [-0.2, -0.15) is 0 Å². The average molecular weight is 392 g/mol. The number of nitrogens with one attached hydrogen (secondary N) is 1. The van der Waals surface area contributed by atoms with E-state index in [-0.39, 0.29) is 23.5 Å². The van der Waals surface area contributed by atoms with Crippen LogP contribution < -0.4 is 10.1 Å². The van der Waals surface area contributed by atoms with Gasteiger partial charge in [0.2, 0.25) is 0 Å². The van der Waals surface area contributed by atoms with Gasteiger partial charge in [-0.25, -0.2) is 4.98 Å². The number of fused-ring (bicyclic) bond motifs is 1. The number of amides is 1. The standard InChI is InChI=1S/C22H20N2O3S/c1-27-16-6-4-5-14(11-16)20(25)13-28-21-12-18(22(26)23-15-9-10-15)17-7-2-3-8-19(17)24-21/h2-8,11-12,15H,9-10,13H2,1H3,(H,23,26). The van der Waals surface area contributed by atoms with Crippen molar-refractivity contribution >= 4 is 34.4 Å². The van der Waals surface area contributed by atoms with E-state index in [1.807, 2.05) is 24.3 Å². The van der Waals surface area contributed by atoms with E-state index in [0.29, 0.717) is 21.9 Å². The number of ketones is 1. The molecule has 5 nitrogen and oxygen atoms in total. The Kier molecular flexibility index (Phi) is 5.30. The third-order valence-electron chi connectivity index (χ3n) is 4.59. The number of aromatic nitrogens is 1. The van der Waals surface area contributed by atoms with E-state index < -0.39 is 0 Å². The first-order valence-electron chi connectivity index (χ1n) is 9.15. The van der Waals surface area contributed by atoms with Gasteiger partial charge < -0.3 is 10.1 Å². The largest absolute Gasteiger partial charge is 0.497 e. The van der Waals surface area contributed by atoms with Crippen molar-refractivity contribution in [2.45, 2.75) is 23.9 Å². The fourth-order valence-corrected chi connectivity index (χ4v) is 3.73. The van der Waals surface area contributed by atoms with Gasteiger partial charge in [0.25, 0.3) is 5.91 Å². The molecule has 3 aromatic rings. The lowest BCUT2D eigenvalue weighted by atomic mass is 10.1. The lowest BCUT2D eigenvalue weighted by molar-refractivity contribution is 0.0951. The topological polar surface area (TPSA) is 68.3 Å². The maximum atomic E-state index is 12.7. The van der Waals surface area contributed by atoms with Crippen LogP contribution in [0, 0.1) is 0 Å². The number of pyridine rings is 1. The first kappa shape index (κ1) is 18.5. The maximum Gasteiger partial charge on any atom is 0.252 e. The molecule has 4 rings (SSSR count). The van der Waals surface area contributed by atoms with Crippen LogP contribution in [0.1, 0.15) is 33.6 Å². The van der Waals surface area contributed by atoms with Gasteiger partial charge in [-0.3, -0.25) is 9.59 Å². The van der Waals surface area contributed by atoms with Crippen molar-refractivity contribution in [2.75, 3.05) is 12.9 Å². The molecular weight excluding hydrogens is 372 g/mol. The second-order valence-corrected chi connectivity index (χ2v) is 7.71. The molecule has 28 heavy (non-hydrogen) atoms. The van der Waals surface area contributed by atoms with E-state index in [9.17, 15) is 9.59 Å². The zero-order chi connectivity index (χ0) is 19.5. The number of para-hydroxylation sites is 1. The van der Waals surface area contributed by atoms with E-state index in [1.54, 1.807) is 37.4 Å². The minimum Gasteiger partial charge on any atom is -0.497 e. The van der Waals surface area contributed by atoms with Crippen LogP contribution in [0.2, 0.25) is 0 Å². The van der Waals surface area contributed by atoms with E-state index >= 15 is 0 Å². The minimum absolute atomic E-state index is 0.0113. The molecule has 0 radical (unpaired) electrons. The summed E-state index contributed by atoms with van der Waals surface area (Å²) in [6.07, 6.45) is 2.07. The third kappa shape index (κ3) is 4.17. The summed E-state index contributed by atoms with van der Waals surface area (Å²) in [6.45, 7) is 0. The van der Waals surface area contributed by atoms with Crippen molar-refractivity contribution in [3.05, 3.63) is 65.7 Å². The monoisotopic (exact) mass is 392 g/mol. The summed E-state index contributed by atoms with van der Waals surface area (Å²) in [5, 5.41) is 4.52. The fourth-order valence-electron chi connectivity index (χ4n) is 2.92. The molecule has 1 fully saturated rings. The number of methoxy groups -OCH3 is 1. The van der Waals surface area contributed by atoms with E-state index in [4.69, 9.17) is 4.74 Å². The summed E-state index contributed by atoms with van der Waals surface area (Å²) >= 11 is 1.34. The molecule has 2 aromatic carbocycles. The van der Waals surface area contributed by atoms with Gasteiger partial charge in [0.15, 0.2) is 5.78 Å². The number of rotatable bonds is 7. The molecule has 0 unspecified atom stereocenters. The molecule has 0 aliphatic heterocycles. The number of benzene rings is 2. The molecule has 1 heterocycles. The van der Waals surface area contributed by atoms with Crippen molar-refractivity contribution in [3.8, 4) is 5.75 Å². The average Bonchev–Trinajstić information content (AvgIpc) is 3.55. The number of nitrogens with zero attached hydrogens (tertiary/aromatic N) is 1. The SMILES string of the molecule is COc1cccc(C(=O)CSc2cc(C(=O)NC3CC3)c3ccccc3n2)c1. The van der Waals surface area contributed by atoms with Crippen LogP contribution >= 0.6 is 11.8 Å². The number of hydrogen-bond acceptors (Lipinski definition) is 5. The van der Waals surface area contributed by atoms with Gasteiger partial charge in [-0.05, 0) is 37.1 Å². The highest BCUT2D eigenvalue weighted by atomic mass is 32.2. The van der Waals surface area contributed by atoms with Crippen LogP contribution in [0.15, 0.2) is 59.6 Å². The van der Waals surface area contributed by atoms with Crippen LogP contribution in [0.25, 0.3) is 10.9 Å². The fraction of sp³-hybridized carbons (Fsp3) is 0.227. The van der Waals surface area contributed by atoms with Crippen molar-refractivity contribution in [2.24, 2.45) is 0 Å². The molecule has 0 atom stereocenters. The lowest BCUT2D eigenvalue weighted by Gasteiger charge is -2.10. The molecule has 142 valence electrons.